The minimum Gasteiger partial charge on any atom is -0.504 e. The summed E-state index contributed by atoms with van der Waals surface area (Å²) in [6.45, 7) is 0. The van der Waals surface area contributed by atoms with E-state index in [9.17, 15) is 5.11 Å². The maximum Gasteiger partial charge on any atom is 0.160 e. The number of benzene rings is 2. The summed E-state index contributed by atoms with van der Waals surface area (Å²) in [6, 6.07) is 13.0. The van der Waals surface area contributed by atoms with Gasteiger partial charge in [-0.3, -0.25) is 9.98 Å². The SMILES string of the molecule is COc1ccc(C=Nc2cccc3cnccc23)cc1O. The van der Waals surface area contributed by atoms with Crippen molar-refractivity contribution in [1.82, 2.24) is 4.98 Å². The van der Waals surface area contributed by atoms with E-state index in [1.54, 1.807) is 24.5 Å². The van der Waals surface area contributed by atoms with Crippen molar-refractivity contribution < 1.29 is 9.84 Å². The average molecular weight is 278 g/mol. The molecular weight excluding hydrogens is 264 g/mol. The van der Waals surface area contributed by atoms with Crippen LogP contribution in [0.15, 0.2) is 59.9 Å². The summed E-state index contributed by atoms with van der Waals surface area (Å²) >= 11 is 0. The van der Waals surface area contributed by atoms with Gasteiger partial charge in [-0.1, -0.05) is 12.1 Å². The Balaban J connectivity index is 1.96. The van der Waals surface area contributed by atoms with E-state index in [0.717, 1.165) is 22.0 Å². The van der Waals surface area contributed by atoms with Crippen LogP contribution in [-0.2, 0) is 0 Å². The fraction of sp³-hybridized carbons (Fsp3) is 0.0588. The molecule has 4 heteroatoms. The van der Waals surface area contributed by atoms with Crippen molar-refractivity contribution in [2.45, 2.75) is 0 Å². The third kappa shape index (κ3) is 2.69. The van der Waals surface area contributed by atoms with Gasteiger partial charge in [-0.25, -0.2) is 0 Å². The monoisotopic (exact) mass is 278 g/mol. The van der Waals surface area contributed by atoms with Crippen molar-refractivity contribution in [1.29, 1.82) is 0 Å². The van der Waals surface area contributed by atoms with Crippen molar-refractivity contribution in [2.24, 2.45) is 4.99 Å². The quantitative estimate of drug-likeness (QED) is 0.743. The summed E-state index contributed by atoms with van der Waals surface area (Å²) in [5.41, 5.74) is 1.67. The molecule has 0 spiro atoms. The highest BCUT2D eigenvalue weighted by atomic mass is 16.5. The Morgan fingerprint density at radius 1 is 1.19 bits per heavy atom. The normalized spacial score (nSPS) is 11.1. The molecule has 3 aromatic rings. The molecule has 1 N–H and O–H groups in total. The fourth-order valence-electron chi connectivity index (χ4n) is 2.15. The number of aromatic nitrogens is 1. The lowest BCUT2D eigenvalue weighted by molar-refractivity contribution is 0.373. The summed E-state index contributed by atoms with van der Waals surface area (Å²) in [6.07, 6.45) is 5.28. The zero-order valence-electron chi connectivity index (χ0n) is 11.5. The maximum absolute atomic E-state index is 9.77. The van der Waals surface area contributed by atoms with Gasteiger partial charge < -0.3 is 9.84 Å². The molecule has 0 unspecified atom stereocenters. The lowest BCUT2D eigenvalue weighted by Gasteiger charge is -2.03. The number of phenolic OH excluding ortho intramolecular Hbond substituents is 1. The van der Waals surface area contributed by atoms with Crippen LogP contribution in [0.4, 0.5) is 5.69 Å². The Labute approximate surface area is 122 Å². The number of aromatic hydroxyl groups is 1. The van der Waals surface area contributed by atoms with E-state index in [-0.39, 0.29) is 5.75 Å². The molecule has 0 amide bonds. The molecule has 0 atom stereocenters. The number of hydrogen-bond acceptors (Lipinski definition) is 4. The Morgan fingerprint density at radius 3 is 2.90 bits per heavy atom. The molecule has 104 valence electrons. The molecule has 2 aromatic carbocycles. The average Bonchev–Trinajstić information content (AvgIpc) is 2.53. The number of phenols is 1. The van der Waals surface area contributed by atoms with Crippen molar-refractivity contribution >= 4 is 22.7 Å². The van der Waals surface area contributed by atoms with Crippen molar-refractivity contribution in [3.8, 4) is 11.5 Å². The Bertz CT molecular complexity index is 807. The smallest absolute Gasteiger partial charge is 0.160 e. The van der Waals surface area contributed by atoms with Crippen molar-refractivity contribution in [3.63, 3.8) is 0 Å². The van der Waals surface area contributed by atoms with Crippen LogP contribution < -0.4 is 4.74 Å². The molecule has 3 rings (SSSR count). The third-order valence-electron chi connectivity index (χ3n) is 3.21. The van der Waals surface area contributed by atoms with Gasteiger partial charge in [0.2, 0.25) is 0 Å². The van der Waals surface area contributed by atoms with Gasteiger partial charge in [0, 0.05) is 29.4 Å². The molecule has 0 bridgehead atoms. The van der Waals surface area contributed by atoms with E-state index in [1.807, 2.05) is 36.5 Å². The Hall–Kier alpha value is -2.88. The number of ether oxygens (including phenoxy) is 1. The highest BCUT2D eigenvalue weighted by molar-refractivity contribution is 5.94. The van der Waals surface area contributed by atoms with Crippen LogP contribution in [0.25, 0.3) is 10.8 Å². The fourth-order valence-corrected chi connectivity index (χ4v) is 2.15. The Morgan fingerprint density at radius 2 is 2.10 bits per heavy atom. The zero-order valence-corrected chi connectivity index (χ0v) is 11.5. The first-order chi connectivity index (χ1) is 10.3. The predicted octanol–water partition coefficient (Wildman–Crippen LogP) is 3.70. The number of aliphatic imine (C=N–C) groups is 1. The van der Waals surface area contributed by atoms with Gasteiger partial charge in [0.1, 0.15) is 0 Å². The second-order valence-electron chi connectivity index (χ2n) is 4.56. The Kier molecular flexibility index (Phi) is 3.51. The van der Waals surface area contributed by atoms with Crippen LogP contribution in [0.5, 0.6) is 11.5 Å². The van der Waals surface area contributed by atoms with Gasteiger partial charge in [0.25, 0.3) is 0 Å². The molecule has 0 aliphatic heterocycles. The topological polar surface area (TPSA) is 54.7 Å². The van der Waals surface area contributed by atoms with Crippen LogP contribution >= 0.6 is 0 Å². The number of nitrogens with zero attached hydrogens (tertiary/aromatic N) is 2. The highest BCUT2D eigenvalue weighted by Crippen LogP contribution is 2.27. The molecular formula is C17H14N2O2. The maximum atomic E-state index is 9.77. The summed E-state index contributed by atoms with van der Waals surface area (Å²) < 4.78 is 5.02. The molecule has 0 radical (unpaired) electrons. The predicted molar refractivity (Wildman–Crippen MR) is 83.7 cm³/mol. The van der Waals surface area contributed by atoms with E-state index in [2.05, 4.69) is 9.98 Å². The lowest BCUT2D eigenvalue weighted by Crippen LogP contribution is -1.86. The van der Waals surface area contributed by atoms with E-state index in [0.29, 0.717) is 5.75 Å². The largest absolute Gasteiger partial charge is 0.504 e. The number of methoxy groups -OCH3 is 1. The van der Waals surface area contributed by atoms with Crippen LogP contribution in [0.3, 0.4) is 0 Å². The number of rotatable bonds is 3. The molecule has 0 aliphatic rings. The lowest BCUT2D eigenvalue weighted by atomic mass is 10.1. The van der Waals surface area contributed by atoms with Gasteiger partial charge in [-0.2, -0.15) is 0 Å². The van der Waals surface area contributed by atoms with E-state index in [4.69, 9.17) is 4.74 Å². The first-order valence-electron chi connectivity index (χ1n) is 6.52. The first-order valence-corrected chi connectivity index (χ1v) is 6.52. The number of pyridine rings is 1. The van der Waals surface area contributed by atoms with Gasteiger partial charge in [0.05, 0.1) is 12.8 Å². The van der Waals surface area contributed by atoms with E-state index in [1.165, 1.54) is 7.11 Å². The van der Waals surface area contributed by atoms with Gasteiger partial charge >= 0.3 is 0 Å². The zero-order chi connectivity index (χ0) is 14.7. The van der Waals surface area contributed by atoms with Crippen molar-refractivity contribution in [3.05, 3.63) is 60.4 Å². The minimum atomic E-state index is 0.101. The van der Waals surface area contributed by atoms with Crippen LogP contribution in [-0.4, -0.2) is 23.4 Å². The molecule has 4 nitrogen and oxygen atoms in total. The highest BCUT2D eigenvalue weighted by Gasteiger charge is 2.01. The van der Waals surface area contributed by atoms with Gasteiger partial charge in [-0.15, -0.1) is 0 Å². The molecule has 0 saturated carbocycles. The van der Waals surface area contributed by atoms with Crippen molar-refractivity contribution in [2.75, 3.05) is 7.11 Å². The number of hydrogen-bond donors (Lipinski definition) is 1. The second kappa shape index (κ2) is 5.63. The summed E-state index contributed by atoms with van der Waals surface area (Å²) in [5.74, 6) is 0.548. The van der Waals surface area contributed by atoms with Gasteiger partial charge in [0.15, 0.2) is 11.5 Å². The molecule has 0 saturated heterocycles. The third-order valence-corrected chi connectivity index (χ3v) is 3.21. The minimum absolute atomic E-state index is 0.101. The first kappa shape index (κ1) is 13.1. The summed E-state index contributed by atoms with van der Waals surface area (Å²) in [5, 5.41) is 11.9. The van der Waals surface area contributed by atoms with E-state index < -0.39 is 0 Å². The van der Waals surface area contributed by atoms with Crippen LogP contribution in [0.2, 0.25) is 0 Å². The molecule has 1 aromatic heterocycles. The van der Waals surface area contributed by atoms with Crippen LogP contribution in [0.1, 0.15) is 5.56 Å². The van der Waals surface area contributed by atoms with Crippen LogP contribution in [0, 0.1) is 0 Å². The summed E-state index contributed by atoms with van der Waals surface area (Å²) in [4.78, 5) is 8.60. The second-order valence-corrected chi connectivity index (χ2v) is 4.56. The standard InChI is InChI=1S/C17H14N2O2/c1-21-17-6-5-12(9-16(17)20)10-19-15-4-2-3-13-11-18-8-7-14(13)15/h2-11,20H,1H3. The van der Waals surface area contributed by atoms with E-state index >= 15 is 0 Å². The molecule has 21 heavy (non-hydrogen) atoms. The molecule has 0 aliphatic carbocycles. The molecule has 0 fully saturated rings. The summed E-state index contributed by atoms with van der Waals surface area (Å²) in [7, 11) is 1.52. The number of fused-ring (bicyclic) bond motifs is 1. The molecule has 1 heterocycles. The van der Waals surface area contributed by atoms with Gasteiger partial charge in [-0.05, 0) is 35.9 Å².